The molecule has 0 N–H and O–H groups in total. The normalized spacial score (nSPS) is 15.9. The molecular weight excluding hydrogens is 306 g/mol. The van der Waals surface area contributed by atoms with Crippen LogP contribution in [0.25, 0.3) is 0 Å². The third-order valence-electron chi connectivity index (χ3n) is 4.36. The van der Waals surface area contributed by atoms with Crippen molar-refractivity contribution < 1.29 is 19.0 Å². The minimum Gasteiger partial charge on any atom is -0.496 e. The molecule has 2 aromatic carbocycles. The Labute approximate surface area is 141 Å². The van der Waals surface area contributed by atoms with Gasteiger partial charge in [-0.1, -0.05) is 24.3 Å². The van der Waals surface area contributed by atoms with Crippen LogP contribution < -0.4 is 14.2 Å². The molecular formula is C19H21NO4. The van der Waals surface area contributed by atoms with E-state index < -0.39 is 0 Å². The predicted molar refractivity (Wildman–Crippen MR) is 90.9 cm³/mol. The first kappa shape index (κ1) is 16.2. The van der Waals surface area contributed by atoms with Gasteiger partial charge in [-0.2, -0.15) is 0 Å². The van der Waals surface area contributed by atoms with Gasteiger partial charge in [0.2, 0.25) is 0 Å². The average molecular weight is 327 g/mol. The molecule has 1 amide bonds. The standard InChI is InChI=1S/C19H21NO4/c1-20(14-11-12-24-15-8-5-4-7-13(14)15)19(21)18-16(22-2)9-6-10-17(18)23-3/h4-10,14H,11-12H2,1-3H3. The van der Waals surface area contributed by atoms with Gasteiger partial charge in [-0.25, -0.2) is 0 Å². The quantitative estimate of drug-likeness (QED) is 0.864. The summed E-state index contributed by atoms with van der Waals surface area (Å²) in [5.41, 5.74) is 1.46. The molecule has 24 heavy (non-hydrogen) atoms. The lowest BCUT2D eigenvalue weighted by Crippen LogP contribution is -2.34. The van der Waals surface area contributed by atoms with Gasteiger partial charge in [-0.15, -0.1) is 0 Å². The molecule has 0 saturated carbocycles. The van der Waals surface area contributed by atoms with Crippen LogP contribution in [0.1, 0.15) is 28.4 Å². The zero-order chi connectivity index (χ0) is 17.1. The van der Waals surface area contributed by atoms with Crippen molar-refractivity contribution in [1.29, 1.82) is 0 Å². The second kappa shape index (κ2) is 6.83. The molecule has 2 aromatic rings. The molecule has 5 heteroatoms. The van der Waals surface area contributed by atoms with Crippen molar-refractivity contribution in [1.82, 2.24) is 4.90 Å². The van der Waals surface area contributed by atoms with Crippen LogP contribution in [0.5, 0.6) is 17.2 Å². The highest BCUT2D eigenvalue weighted by Gasteiger charge is 2.30. The number of nitrogens with zero attached hydrogens (tertiary/aromatic N) is 1. The molecule has 1 heterocycles. The molecule has 1 atom stereocenters. The fourth-order valence-corrected chi connectivity index (χ4v) is 3.11. The van der Waals surface area contributed by atoms with Crippen molar-refractivity contribution in [2.24, 2.45) is 0 Å². The SMILES string of the molecule is COc1cccc(OC)c1C(=O)N(C)C1CCOc2ccccc21. The zero-order valence-electron chi connectivity index (χ0n) is 14.1. The molecule has 0 radical (unpaired) electrons. The van der Waals surface area contributed by atoms with Crippen LogP contribution >= 0.6 is 0 Å². The highest BCUT2D eigenvalue weighted by Crippen LogP contribution is 2.37. The number of hydrogen-bond acceptors (Lipinski definition) is 4. The van der Waals surface area contributed by atoms with E-state index in [0.717, 1.165) is 17.7 Å². The topological polar surface area (TPSA) is 48.0 Å². The molecule has 5 nitrogen and oxygen atoms in total. The number of benzene rings is 2. The van der Waals surface area contributed by atoms with Crippen molar-refractivity contribution in [3.05, 3.63) is 53.6 Å². The lowest BCUT2D eigenvalue weighted by Gasteiger charge is -2.33. The molecule has 0 bridgehead atoms. The van der Waals surface area contributed by atoms with Gasteiger partial charge in [-0.3, -0.25) is 4.79 Å². The van der Waals surface area contributed by atoms with E-state index in [1.54, 1.807) is 44.4 Å². The van der Waals surface area contributed by atoms with Crippen molar-refractivity contribution in [2.75, 3.05) is 27.9 Å². The van der Waals surface area contributed by atoms with Gasteiger partial charge in [0.1, 0.15) is 22.8 Å². The van der Waals surface area contributed by atoms with Crippen LogP contribution in [0.4, 0.5) is 0 Å². The highest BCUT2D eigenvalue weighted by atomic mass is 16.5. The first-order chi connectivity index (χ1) is 11.7. The fraction of sp³-hybridized carbons (Fsp3) is 0.316. The van der Waals surface area contributed by atoms with Gasteiger partial charge < -0.3 is 19.1 Å². The summed E-state index contributed by atoms with van der Waals surface area (Å²) in [5, 5.41) is 0. The lowest BCUT2D eigenvalue weighted by atomic mass is 9.98. The Morgan fingerprint density at radius 1 is 1.08 bits per heavy atom. The summed E-state index contributed by atoms with van der Waals surface area (Å²) in [6.45, 7) is 0.586. The number of carbonyl (C=O) groups excluding carboxylic acids is 1. The molecule has 0 aromatic heterocycles. The molecule has 3 rings (SSSR count). The highest BCUT2D eigenvalue weighted by molar-refractivity contribution is 5.99. The van der Waals surface area contributed by atoms with Crippen LogP contribution in [0.2, 0.25) is 0 Å². The maximum atomic E-state index is 13.1. The summed E-state index contributed by atoms with van der Waals surface area (Å²) in [5.74, 6) is 1.71. The van der Waals surface area contributed by atoms with Gasteiger partial charge in [-0.05, 0) is 18.2 Å². The summed E-state index contributed by atoms with van der Waals surface area (Å²) in [6, 6.07) is 13.1. The van der Waals surface area contributed by atoms with E-state index in [9.17, 15) is 4.79 Å². The van der Waals surface area contributed by atoms with Crippen molar-refractivity contribution in [3.8, 4) is 17.2 Å². The molecule has 1 aliphatic rings. The monoisotopic (exact) mass is 327 g/mol. The number of carbonyl (C=O) groups is 1. The van der Waals surface area contributed by atoms with E-state index in [0.29, 0.717) is 23.7 Å². The summed E-state index contributed by atoms with van der Waals surface area (Å²) in [7, 11) is 4.91. The van der Waals surface area contributed by atoms with Crippen molar-refractivity contribution in [2.45, 2.75) is 12.5 Å². The number of rotatable bonds is 4. The van der Waals surface area contributed by atoms with E-state index in [2.05, 4.69) is 0 Å². The maximum absolute atomic E-state index is 13.1. The Morgan fingerprint density at radius 3 is 2.42 bits per heavy atom. The Hall–Kier alpha value is -2.69. The second-order valence-corrected chi connectivity index (χ2v) is 5.64. The predicted octanol–water partition coefficient (Wildman–Crippen LogP) is 3.30. The van der Waals surface area contributed by atoms with Crippen LogP contribution in [-0.2, 0) is 0 Å². The van der Waals surface area contributed by atoms with Crippen molar-refractivity contribution >= 4 is 5.91 Å². The summed E-state index contributed by atoms with van der Waals surface area (Å²) >= 11 is 0. The largest absolute Gasteiger partial charge is 0.496 e. The number of fused-ring (bicyclic) bond motifs is 1. The van der Waals surface area contributed by atoms with Gasteiger partial charge in [0, 0.05) is 19.0 Å². The average Bonchev–Trinajstić information content (AvgIpc) is 2.65. The Kier molecular flexibility index (Phi) is 4.60. The Morgan fingerprint density at radius 2 is 1.75 bits per heavy atom. The minimum absolute atomic E-state index is 0.0444. The molecule has 0 saturated heterocycles. The molecule has 0 fully saturated rings. The van der Waals surface area contributed by atoms with E-state index in [1.807, 2.05) is 24.3 Å². The second-order valence-electron chi connectivity index (χ2n) is 5.64. The first-order valence-electron chi connectivity index (χ1n) is 7.87. The number of para-hydroxylation sites is 1. The minimum atomic E-state index is -0.133. The fourth-order valence-electron chi connectivity index (χ4n) is 3.11. The summed E-state index contributed by atoms with van der Waals surface area (Å²) in [6.07, 6.45) is 0.747. The Balaban J connectivity index is 1.97. The third kappa shape index (κ3) is 2.77. The van der Waals surface area contributed by atoms with Crippen LogP contribution in [0.3, 0.4) is 0 Å². The van der Waals surface area contributed by atoms with Gasteiger partial charge in [0.25, 0.3) is 5.91 Å². The van der Waals surface area contributed by atoms with Crippen LogP contribution in [0.15, 0.2) is 42.5 Å². The maximum Gasteiger partial charge on any atom is 0.261 e. The number of hydrogen-bond donors (Lipinski definition) is 0. The number of amides is 1. The van der Waals surface area contributed by atoms with E-state index in [4.69, 9.17) is 14.2 Å². The molecule has 0 aliphatic carbocycles. The van der Waals surface area contributed by atoms with E-state index in [1.165, 1.54) is 0 Å². The smallest absolute Gasteiger partial charge is 0.261 e. The molecule has 0 spiro atoms. The zero-order valence-corrected chi connectivity index (χ0v) is 14.1. The first-order valence-corrected chi connectivity index (χ1v) is 7.87. The molecule has 1 aliphatic heterocycles. The van der Waals surface area contributed by atoms with E-state index in [-0.39, 0.29) is 11.9 Å². The van der Waals surface area contributed by atoms with Crippen LogP contribution in [0, 0.1) is 0 Å². The number of ether oxygens (including phenoxy) is 3. The van der Waals surface area contributed by atoms with Crippen molar-refractivity contribution in [3.63, 3.8) is 0 Å². The van der Waals surface area contributed by atoms with E-state index >= 15 is 0 Å². The summed E-state index contributed by atoms with van der Waals surface area (Å²) in [4.78, 5) is 14.9. The van der Waals surface area contributed by atoms with Gasteiger partial charge in [0.05, 0.1) is 26.9 Å². The lowest BCUT2D eigenvalue weighted by molar-refractivity contribution is 0.0679. The molecule has 126 valence electrons. The van der Waals surface area contributed by atoms with Gasteiger partial charge >= 0.3 is 0 Å². The number of methoxy groups -OCH3 is 2. The van der Waals surface area contributed by atoms with Gasteiger partial charge in [0.15, 0.2) is 0 Å². The summed E-state index contributed by atoms with van der Waals surface area (Å²) < 4.78 is 16.4. The van der Waals surface area contributed by atoms with Crippen LogP contribution in [-0.4, -0.2) is 38.7 Å². The Bertz CT molecular complexity index is 722. The third-order valence-corrected chi connectivity index (χ3v) is 4.36. The molecule has 1 unspecified atom stereocenters.